The van der Waals surface area contributed by atoms with Crippen LogP contribution in [0.25, 0.3) is 0 Å². The number of nitrogens with two attached hydrogens (primary N) is 1. The Balaban J connectivity index is 2.33. The molecule has 1 aliphatic rings. The van der Waals surface area contributed by atoms with Gasteiger partial charge in [0.25, 0.3) is 0 Å². The average Bonchev–Trinajstić information content (AvgIpc) is 2.54. The molecule has 0 saturated carbocycles. The third-order valence-corrected chi connectivity index (χ3v) is 4.45. The molecule has 0 bridgehead atoms. The van der Waals surface area contributed by atoms with Gasteiger partial charge in [0.15, 0.2) is 0 Å². The predicted octanol–water partition coefficient (Wildman–Crippen LogP) is 1.77. The second-order valence-electron chi connectivity index (χ2n) is 6.18. The van der Waals surface area contributed by atoms with Gasteiger partial charge in [0.05, 0.1) is 0 Å². The Labute approximate surface area is 126 Å². The molecule has 0 aliphatic carbocycles. The van der Waals surface area contributed by atoms with Gasteiger partial charge in [-0.25, -0.2) is 5.84 Å². The second-order valence-corrected chi connectivity index (χ2v) is 6.18. The van der Waals surface area contributed by atoms with Crippen molar-refractivity contribution in [2.75, 3.05) is 35.4 Å². The van der Waals surface area contributed by atoms with Crippen LogP contribution in [0.3, 0.4) is 0 Å². The molecule has 1 fully saturated rings. The van der Waals surface area contributed by atoms with E-state index < -0.39 is 0 Å². The Kier molecular flexibility index (Phi) is 4.82. The molecule has 3 N–H and O–H groups in total. The lowest BCUT2D eigenvalue weighted by molar-refractivity contribution is 0.462. The first-order chi connectivity index (χ1) is 9.97. The van der Waals surface area contributed by atoms with Crippen molar-refractivity contribution in [1.82, 2.24) is 15.0 Å². The maximum absolute atomic E-state index is 5.52. The van der Waals surface area contributed by atoms with Crippen LogP contribution >= 0.6 is 0 Å². The first-order valence-electron chi connectivity index (χ1n) is 7.69. The monoisotopic (exact) mass is 293 g/mol. The smallest absolute Gasteiger partial charge is 0.243 e. The first-order valence-corrected chi connectivity index (χ1v) is 7.69. The summed E-state index contributed by atoms with van der Waals surface area (Å²) < 4.78 is 0. The van der Waals surface area contributed by atoms with Crippen LogP contribution in [0.15, 0.2) is 0 Å². The highest BCUT2D eigenvalue weighted by molar-refractivity contribution is 5.46. The minimum Gasteiger partial charge on any atom is -0.341 e. The molecule has 21 heavy (non-hydrogen) atoms. The van der Waals surface area contributed by atoms with E-state index in [1.807, 2.05) is 7.05 Å². The number of hydrogen-bond donors (Lipinski definition) is 2. The number of nitrogen functional groups attached to an aromatic ring is 1. The molecule has 2 rings (SSSR count). The van der Waals surface area contributed by atoms with Crippen LogP contribution in [-0.4, -0.2) is 40.6 Å². The number of aromatic nitrogens is 3. The summed E-state index contributed by atoms with van der Waals surface area (Å²) in [6.45, 7) is 8.49. The van der Waals surface area contributed by atoms with Crippen LogP contribution in [0.2, 0.25) is 0 Å². The van der Waals surface area contributed by atoms with Crippen molar-refractivity contribution in [3.8, 4) is 0 Å². The fourth-order valence-electron chi connectivity index (χ4n) is 2.31. The van der Waals surface area contributed by atoms with Gasteiger partial charge in [0, 0.05) is 25.7 Å². The number of nitrogens with one attached hydrogen (secondary N) is 1. The van der Waals surface area contributed by atoms with Crippen molar-refractivity contribution in [2.24, 2.45) is 5.84 Å². The summed E-state index contributed by atoms with van der Waals surface area (Å²) in [7, 11) is 2.01. The topological polar surface area (TPSA) is 83.2 Å². The molecule has 118 valence electrons. The van der Waals surface area contributed by atoms with E-state index in [0.717, 1.165) is 19.5 Å². The number of nitrogens with zero attached hydrogens (tertiary/aromatic N) is 5. The maximum Gasteiger partial charge on any atom is 0.243 e. The molecule has 1 aromatic rings. The van der Waals surface area contributed by atoms with E-state index in [-0.39, 0.29) is 5.54 Å². The molecule has 1 saturated heterocycles. The van der Waals surface area contributed by atoms with E-state index in [9.17, 15) is 0 Å². The standard InChI is InChI=1S/C14H27N7/c1-5-14(2,3)20(4)12-16-11(19-15)17-13(18-12)21-9-7-6-8-10-21/h5-10,15H2,1-4H3,(H,16,17,18,19). The van der Waals surface area contributed by atoms with Crippen molar-refractivity contribution in [1.29, 1.82) is 0 Å². The molecule has 0 spiro atoms. The van der Waals surface area contributed by atoms with Gasteiger partial charge in [0.1, 0.15) is 0 Å². The van der Waals surface area contributed by atoms with Crippen LogP contribution in [0.5, 0.6) is 0 Å². The number of piperidine rings is 1. The molecule has 0 atom stereocenters. The van der Waals surface area contributed by atoms with Crippen molar-refractivity contribution in [2.45, 2.75) is 52.0 Å². The van der Waals surface area contributed by atoms with Crippen LogP contribution in [0.4, 0.5) is 17.8 Å². The fraction of sp³-hybridized carbons (Fsp3) is 0.786. The summed E-state index contributed by atoms with van der Waals surface area (Å²) in [5, 5.41) is 0. The minimum atomic E-state index is -0.0214. The summed E-state index contributed by atoms with van der Waals surface area (Å²) in [6.07, 6.45) is 4.64. The highest BCUT2D eigenvalue weighted by Crippen LogP contribution is 2.25. The number of rotatable bonds is 5. The largest absolute Gasteiger partial charge is 0.341 e. The highest BCUT2D eigenvalue weighted by Gasteiger charge is 2.25. The van der Waals surface area contributed by atoms with Gasteiger partial charge in [-0.3, -0.25) is 5.43 Å². The van der Waals surface area contributed by atoms with E-state index in [0.29, 0.717) is 17.8 Å². The molecular weight excluding hydrogens is 266 g/mol. The van der Waals surface area contributed by atoms with Crippen LogP contribution < -0.4 is 21.1 Å². The minimum absolute atomic E-state index is 0.0214. The average molecular weight is 293 g/mol. The summed E-state index contributed by atoms with van der Waals surface area (Å²) in [6, 6.07) is 0. The van der Waals surface area contributed by atoms with Gasteiger partial charge < -0.3 is 9.80 Å². The van der Waals surface area contributed by atoms with Gasteiger partial charge in [-0.05, 0) is 39.5 Å². The van der Waals surface area contributed by atoms with Crippen molar-refractivity contribution < 1.29 is 0 Å². The highest BCUT2D eigenvalue weighted by atomic mass is 15.4. The fourth-order valence-corrected chi connectivity index (χ4v) is 2.31. The molecule has 7 heteroatoms. The molecule has 7 nitrogen and oxygen atoms in total. The molecule has 0 amide bonds. The third kappa shape index (κ3) is 3.53. The molecule has 1 aliphatic heterocycles. The lowest BCUT2D eigenvalue weighted by Crippen LogP contribution is -2.42. The van der Waals surface area contributed by atoms with E-state index in [2.05, 4.69) is 50.9 Å². The van der Waals surface area contributed by atoms with Gasteiger partial charge in [-0.1, -0.05) is 6.92 Å². The second kappa shape index (κ2) is 6.43. The van der Waals surface area contributed by atoms with Crippen molar-refractivity contribution in [3.05, 3.63) is 0 Å². The maximum atomic E-state index is 5.52. The summed E-state index contributed by atoms with van der Waals surface area (Å²) in [5.41, 5.74) is 2.53. The molecule has 1 aromatic heterocycles. The lowest BCUT2D eigenvalue weighted by atomic mass is 10.0. The zero-order valence-electron chi connectivity index (χ0n) is 13.6. The zero-order valence-corrected chi connectivity index (χ0v) is 13.6. The first kappa shape index (κ1) is 15.8. The van der Waals surface area contributed by atoms with Gasteiger partial charge >= 0.3 is 0 Å². The normalized spacial score (nSPS) is 16.0. The van der Waals surface area contributed by atoms with E-state index in [4.69, 9.17) is 5.84 Å². The zero-order chi connectivity index (χ0) is 15.5. The van der Waals surface area contributed by atoms with E-state index in [1.165, 1.54) is 19.3 Å². The van der Waals surface area contributed by atoms with E-state index in [1.54, 1.807) is 0 Å². The number of hydrogen-bond acceptors (Lipinski definition) is 7. The summed E-state index contributed by atoms with van der Waals surface area (Å²) in [5.74, 6) is 7.31. The quantitative estimate of drug-likeness (QED) is 0.632. The van der Waals surface area contributed by atoms with Gasteiger partial charge in [0.2, 0.25) is 17.8 Å². The third-order valence-electron chi connectivity index (χ3n) is 4.45. The number of hydrazine groups is 1. The Bertz CT molecular complexity index is 468. The summed E-state index contributed by atoms with van der Waals surface area (Å²) >= 11 is 0. The number of anilines is 3. The van der Waals surface area contributed by atoms with E-state index >= 15 is 0 Å². The predicted molar refractivity (Wildman–Crippen MR) is 86.5 cm³/mol. The van der Waals surface area contributed by atoms with Crippen LogP contribution in [0, 0.1) is 0 Å². The lowest BCUT2D eigenvalue weighted by Gasteiger charge is -2.35. The molecular formula is C14H27N7. The van der Waals surface area contributed by atoms with Crippen LogP contribution in [0.1, 0.15) is 46.5 Å². The van der Waals surface area contributed by atoms with Crippen molar-refractivity contribution >= 4 is 17.8 Å². The van der Waals surface area contributed by atoms with Crippen LogP contribution in [-0.2, 0) is 0 Å². The van der Waals surface area contributed by atoms with Gasteiger partial charge in [-0.15, -0.1) is 0 Å². The Morgan fingerprint density at radius 1 is 1.19 bits per heavy atom. The summed E-state index contributed by atoms with van der Waals surface area (Å²) in [4.78, 5) is 17.8. The van der Waals surface area contributed by atoms with Gasteiger partial charge in [-0.2, -0.15) is 15.0 Å². The van der Waals surface area contributed by atoms with Crippen molar-refractivity contribution in [3.63, 3.8) is 0 Å². The Morgan fingerprint density at radius 2 is 1.86 bits per heavy atom. The SMILES string of the molecule is CCC(C)(C)N(C)c1nc(NN)nc(N2CCCCC2)n1. The Hall–Kier alpha value is -1.63. The molecule has 0 unspecified atom stereocenters. The molecule has 0 radical (unpaired) electrons. The molecule has 2 heterocycles. The Morgan fingerprint density at radius 3 is 2.43 bits per heavy atom. The molecule has 0 aromatic carbocycles.